The van der Waals surface area contributed by atoms with E-state index in [0.717, 1.165) is 53.6 Å². The molecule has 23 heavy (non-hydrogen) atoms. The minimum Gasteiger partial charge on any atom is -0.375 e. The third kappa shape index (κ3) is 2.87. The maximum Gasteiger partial charge on any atom is 0.146 e. The molecule has 1 N–H and O–H groups in total. The number of nitrogens with one attached hydrogen (secondary N) is 1. The van der Waals surface area contributed by atoms with Crippen LogP contribution in [0.25, 0.3) is 11.0 Å². The van der Waals surface area contributed by atoms with Crippen LogP contribution in [-0.4, -0.2) is 32.8 Å². The summed E-state index contributed by atoms with van der Waals surface area (Å²) in [4.78, 5) is 8.87. The van der Waals surface area contributed by atoms with Crippen LogP contribution in [0.4, 0.5) is 5.82 Å². The largest absolute Gasteiger partial charge is 0.375 e. The van der Waals surface area contributed by atoms with Crippen molar-refractivity contribution in [3.63, 3.8) is 0 Å². The molecule has 1 saturated heterocycles. The van der Waals surface area contributed by atoms with Crippen molar-refractivity contribution >= 4 is 32.8 Å². The lowest BCUT2D eigenvalue weighted by molar-refractivity contribution is -0.101. The average Bonchev–Trinajstić information content (AvgIpc) is 2.86. The summed E-state index contributed by atoms with van der Waals surface area (Å²) in [7, 11) is 2.01. The van der Waals surface area contributed by atoms with Crippen molar-refractivity contribution in [2.45, 2.75) is 56.6 Å². The van der Waals surface area contributed by atoms with Crippen molar-refractivity contribution in [1.29, 1.82) is 0 Å². The number of hydrogen-bond donors (Lipinski definition) is 1. The van der Waals surface area contributed by atoms with Gasteiger partial charge in [0.2, 0.25) is 0 Å². The van der Waals surface area contributed by atoms with Gasteiger partial charge in [0, 0.05) is 30.4 Å². The van der Waals surface area contributed by atoms with Gasteiger partial charge in [-0.3, -0.25) is 0 Å². The van der Waals surface area contributed by atoms with Crippen LogP contribution in [0.15, 0.2) is 17.0 Å². The Balaban J connectivity index is 1.49. The van der Waals surface area contributed by atoms with Crippen LogP contribution in [0.5, 0.6) is 0 Å². The van der Waals surface area contributed by atoms with Crippen molar-refractivity contribution in [3.05, 3.63) is 17.0 Å². The molecule has 4 rings (SSSR count). The van der Waals surface area contributed by atoms with Crippen LogP contribution in [-0.2, 0) is 11.8 Å². The minimum absolute atomic E-state index is 0.171. The Kier molecular flexibility index (Phi) is 4.05. The molecule has 1 aliphatic heterocycles. The molecule has 1 aliphatic carbocycles. The fourth-order valence-corrected chi connectivity index (χ4v) is 4.73. The molecular formula is C17H23BrN4O. The highest BCUT2D eigenvalue weighted by atomic mass is 79.9. The first-order chi connectivity index (χ1) is 11.2. The van der Waals surface area contributed by atoms with Gasteiger partial charge < -0.3 is 14.6 Å². The topological polar surface area (TPSA) is 52.0 Å². The summed E-state index contributed by atoms with van der Waals surface area (Å²) in [6.07, 6.45) is 12.1. The Hall–Kier alpha value is -1.14. The van der Waals surface area contributed by atoms with Crippen molar-refractivity contribution in [2.75, 3.05) is 11.9 Å². The molecule has 2 fully saturated rings. The summed E-state index contributed by atoms with van der Waals surface area (Å²) in [5.74, 6) is 0.938. The SMILES string of the molecule is Cn1cc(Br)c2c(NC3CCC4(CCCCO4)CC3)ncnc21. The zero-order chi connectivity index (χ0) is 15.9. The zero-order valence-corrected chi connectivity index (χ0v) is 15.1. The fourth-order valence-electron chi connectivity index (χ4n) is 4.05. The number of fused-ring (bicyclic) bond motifs is 1. The Morgan fingerprint density at radius 2 is 2.09 bits per heavy atom. The van der Waals surface area contributed by atoms with E-state index in [1.54, 1.807) is 6.33 Å². The van der Waals surface area contributed by atoms with E-state index in [2.05, 4.69) is 31.2 Å². The molecule has 2 aliphatic rings. The second-order valence-corrected chi connectivity index (χ2v) is 7.77. The minimum atomic E-state index is 0.171. The van der Waals surface area contributed by atoms with Crippen LogP contribution in [0.1, 0.15) is 44.9 Å². The van der Waals surface area contributed by atoms with Gasteiger partial charge in [0.15, 0.2) is 0 Å². The van der Waals surface area contributed by atoms with Gasteiger partial charge in [-0.2, -0.15) is 0 Å². The standard InChI is InChI=1S/C17H23BrN4O/c1-22-10-13(18)14-15(19-11-20-16(14)22)21-12-4-7-17(8-5-12)6-2-3-9-23-17/h10-12H,2-9H2,1H3,(H,19,20,21). The van der Waals surface area contributed by atoms with E-state index in [1.807, 2.05) is 17.8 Å². The Morgan fingerprint density at radius 3 is 2.83 bits per heavy atom. The van der Waals surface area contributed by atoms with E-state index in [0.29, 0.717) is 6.04 Å². The molecule has 6 heteroatoms. The molecule has 0 radical (unpaired) electrons. The van der Waals surface area contributed by atoms with Crippen molar-refractivity contribution < 1.29 is 4.74 Å². The molecule has 0 amide bonds. The van der Waals surface area contributed by atoms with Crippen LogP contribution in [0.2, 0.25) is 0 Å². The van der Waals surface area contributed by atoms with Gasteiger partial charge in [0.25, 0.3) is 0 Å². The van der Waals surface area contributed by atoms with Gasteiger partial charge in [-0.05, 0) is 60.9 Å². The molecule has 1 saturated carbocycles. The summed E-state index contributed by atoms with van der Waals surface area (Å²) >= 11 is 3.63. The number of anilines is 1. The first-order valence-electron chi connectivity index (χ1n) is 8.53. The number of nitrogens with zero attached hydrogens (tertiary/aromatic N) is 3. The number of hydrogen-bond acceptors (Lipinski definition) is 4. The molecule has 0 unspecified atom stereocenters. The molecule has 124 valence electrons. The molecule has 2 aromatic heterocycles. The first kappa shape index (κ1) is 15.4. The average molecular weight is 379 g/mol. The van der Waals surface area contributed by atoms with E-state index in [1.165, 1.54) is 19.3 Å². The highest BCUT2D eigenvalue weighted by Crippen LogP contribution is 2.39. The summed E-state index contributed by atoms with van der Waals surface area (Å²) in [6, 6.07) is 0.469. The Morgan fingerprint density at radius 1 is 1.26 bits per heavy atom. The second-order valence-electron chi connectivity index (χ2n) is 6.92. The lowest BCUT2D eigenvalue weighted by Gasteiger charge is -2.42. The van der Waals surface area contributed by atoms with Gasteiger partial charge in [-0.1, -0.05) is 0 Å². The summed E-state index contributed by atoms with van der Waals surface area (Å²) in [5.41, 5.74) is 1.13. The van der Waals surface area contributed by atoms with E-state index in [9.17, 15) is 0 Å². The van der Waals surface area contributed by atoms with Crippen molar-refractivity contribution in [1.82, 2.24) is 14.5 Å². The third-order valence-electron chi connectivity index (χ3n) is 5.38. The highest BCUT2D eigenvalue weighted by molar-refractivity contribution is 9.10. The molecule has 1 spiro atoms. The maximum atomic E-state index is 6.13. The van der Waals surface area contributed by atoms with Crippen molar-refractivity contribution in [2.24, 2.45) is 7.05 Å². The van der Waals surface area contributed by atoms with E-state index in [4.69, 9.17) is 4.74 Å². The van der Waals surface area contributed by atoms with Gasteiger partial charge in [-0.15, -0.1) is 0 Å². The number of aromatic nitrogens is 3. The molecule has 5 nitrogen and oxygen atoms in total. The molecule has 0 bridgehead atoms. The zero-order valence-electron chi connectivity index (χ0n) is 13.5. The summed E-state index contributed by atoms with van der Waals surface area (Å²) in [5, 5.41) is 4.72. The smallest absolute Gasteiger partial charge is 0.146 e. The maximum absolute atomic E-state index is 6.13. The highest BCUT2D eigenvalue weighted by Gasteiger charge is 2.37. The van der Waals surface area contributed by atoms with Gasteiger partial charge in [0.1, 0.15) is 17.8 Å². The predicted octanol–water partition coefficient (Wildman–Crippen LogP) is 4.02. The quantitative estimate of drug-likeness (QED) is 0.856. The normalized spacial score (nSPS) is 28.3. The van der Waals surface area contributed by atoms with Crippen LogP contribution in [0.3, 0.4) is 0 Å². The monoisotopic (exact) mass is 378 g/mol. The van der Waals surface area contributed by atoms with Crippen LogP contribution >= 0.6 is 15.9 Å². The number of ether oxygens (including phenoxy) is 1. The lowest BCUT2D eigenvalue weighted by atomic mass is 9.78. The summed E-state index contributed by atoms with van der Waals surface area (Å²) < 4.78 is 9.20. The molecule has 0 atom stereocenters. The van der Waals surface area contributed by atoms with E-state index in [-0.39, 0.29) is 5.60 Å². The molecule has 3 heterocycles. The summed E-state index contributed by atoms with van der Waals surface area (Å²) in [6.45, 7) is 0.946. The van der Waals surface area contributed by atoms with E-state index >= 15 is 0 Å². The number of rotatable bonds is 2. The number of halogens is 1. The Labute approximate surface area is 145 Å². The van der Waals surface area contributed by atoms with Gasteiger partial charge in [0.05, 0.1) is 11.0 Å². The molecule has 0 aromatic carbocycles. The fraction of sp³-hybridized carbons (Fsp3) is 0.647. The van der Waals surface area contributed by atoms with Crippen LogP contribution < -0.4 is 5.32 Å². The Bertz CT molecular complexity index is 698. The lowest BCUT2D eigenvalue weighted by Crippen LogP contribution is -2.42. The van der Waals surface area contributed by atoms with E-state index < -0.39 is 0 Å². The van der Waals surface area contributed by atoms with Gasteiger partial charge >= 0.3 is 0 Å². The van der Waals surface area contributed by atoms with Gasteiger partial charge in [-0.25, -0.2) is 9.97 Å². The second kappa shape index (κ2) is 6.06. The van der Waals surface area contributed by atoms with Crippen LogP contribution in [0, 0.1) is 0 Å². The predicted molar refractivity (Wildman–Crippen MR) is 94.6 cm³/mol. The number of aryl methyl sites for hydroxylation is 1. The third-order valence-corrected chi connectivity index (χ3v) is 5.98. The first-order valence-corrected chi connectivity index (χ1v) is 9.32. The van der Waals surface area contributed by atoms with Crippen molar-refractivity contribution in [3.8, 4) is 0 Å². The molecular weight excluding hydrogens is 356 g/mol. The molecule has 2 aromatic rings.